The second-order valence-corrected chi connectivity index (χ2v) is 6.23. The molecule has 140 valence electrons. The average Bonchev–Trinajstić information content (AvgIpc) is 2.96. The van der Waals surface area contributed by atoms with E-state index in [-0.39, 0.29) is 0 Å². The Hall–Kier alpha value is -3.94. The summed E-state index contributed by atoms with van der Waals surface area (Å²) in [5.41, 5.74) is 9.53. The first-order valence-corrected chi connectivity index (χ1v) is 8.52. The van der Waals surface area contributed by atoms with Gasteiger partial charge in [0.25, 0.3) is 0 Å². The summed E-state index contributed by atoms with van der Waals surface area (Å²) in [5, 5.41) is 10.3. The minimum Gasteiger partial charge on any atom is -0.382 e. The summed E-state index contributed by atoms with van der Waals surface area (Å²) in [5.74, 6) is -0.00207. The van der Waals surface area contributed by atoms with Gasteiger partial charge in [-0.2, -0.15) is 5.10 Å². The third kappa shape index (κ3) is 3.35. The second-order valence-electron chi connectivity index (χ2n) is 6.23. The number of rotatable bonds is 3. The summed E-state index contributed by atoms with van der Waals surface area (Å²) in [7, 11) is 1.79. The van der Waals surface area contributed by atoms with Crippen LogP contribution in [0.25, 0.3) is 22.2 Å². The minimum atomic E-state index is -0.457. The molecule has 0 unspecified atom stereocenters. The van der Waals surface area contributed by atoms with E-state index in [0.717, 1.165) is 16.5 Å². The Morgan fingerprint density at radius 1 is 1.07 bits per heavy atom. The molecule has 4 N–H and O–H groups in total. The molecule has 8 heteroatoms. The lowest BCUT2D eigenvalue weighted by Gasteiger charge is -2.09. The van der Waals surface area contributed by atoms with Gasteiger partial charge in [-0.05, 0) is 47.5 Å². The number of nitrogens with one attached hydrogen (secondary N) is 2. The lowest BCUT2D eigenvalue weighted by molar-refractivity contribution is 0.262. The third-order valence-corrected chi connectivity index (χ3v) is 4.29. The number of nitrogens with two attached hydrogens (primary N) is 1. The Morgan fingerprint density at radius 2 is 1.82 bits per heavy atom. The van der Waals surface area contributed by atoms with Crippen molar-refractivity contribution in [1.29, 1.82) is 0 Å². The van der Waals surface area contributed by atoms with Crippen LogP contribution in [-0.2, 0) is 7.05 Å². The zero-order valence-corrected chi connectivity index (χ0v) is 15.0. The first-order chi connectivity index (χ1) is 13.5. The standard InChI is InChI=1S/C20H17FN6O/c1-27-19-17(18(22)26-27)16(9-10-23-19)12-5-7-14(8-6-12)24-20(28)25-15-4-2-3-13(21)11-15/h2-11H,1H3,(H2,22,26)(H2,24,25,28). The highest BCUT2D eigenvalue weighted by atomic mass is 19.1. The van der Waals surface area contributed by atoms with Crippen molar-refractivity contribution < 1.29 is 9.18 Å². The second kappa shape index (κ2) is 6.99. The Bertz CT molecular complexity index is 1170. The van der Waals surface area contributed by atoms with E-state index in [2.05, 4.69) is 20.7 Å². The fourth-order valence-electron chi connectivity index (χ4n) is 3.04. The molecule has 0 spiro atoms. The lowest BCUT2D eigenvalue weighted by atomic mass is 10.0. The number of pyridine rings is 1. The number of anilines is 3. The number of amides is 2. The van der Waals surface area contributed by atoms with E-state index >= 15 is 0 Å². The van der Waals surface area contributed by atoms with Crippen molar-refractivity contribution in [3.8, 4) is 11.1 Å². The summed E-state index contributed by atoms with van der Waals surface area (Å²) in [4.78, 5) is 16.4. The molecular formula is C20H17FN6O. The van der Waals surface area contributed by atoms with Gasteiger partial charge in [0.05, 0.1) is 5.39 Å². The fraction of sp³-hybridized carbons (Fsp3) is 0.0500. The number of nitrogen functional groups attached to an aromatic ring is 1. The summed E-state index contributed by atoms with van der Waals surface area (Å²) in [6.45, 7) is 0. The van der Waals surface area contributed by atoms with Crippen molar-refractivity contribution in [2.75, 3.05) is 16.4 Å². The molecular weight excluding hydrogens is 359 g/mol. The van der Waals surface area contributed by atoms with Gasteiger partial charge < -0.3 is 16.4 Å². The monoisotopic (exact) mass is 376 g/mol. The van der Waals surface area contributed by atoms with E-state index in [9.17, 15) is 9.18 Å². The molecule has 0 atom stereocenters. The van der Waals surface area contributed by atoms with E-state index in [1.807, 2.05) is 18.2 Å². The molecule has 2 aromatic heterocycles. The van der Waals surface area contributed by atoms with Crippen LogP contribution in [0.15, 0.2) is 60.8 Å². The highest BCUT2D eigenvalue weighted by Crippen LogP contribution is 2.31. The van der Waals surface area contributed by atoms with E-state index in [0.29, 0.717) is 22.8 Å². The molecule has 2 amide bonds. The molecule has 0 saturated heterocycles. The Balaban J connectivity index is 1.54. The van der Waals surface area contributed by atoms with Crippen molar-refractivity contribution >= 4 is 34.3 Å². The maximum Gasteiger partial charge on any atom is 0.323 e. The van der Waals surface area contributed by atoms with Gasteiger partial charge in [0, 0.05) is 24.6 Å². The normalized spacial score (nSPS) is 10.8. The lowest BCUT2D eigenvalue weighted by Crippen LogP contribution is -2.19. The first-order valence-electron chi connectivity index (χ1n) is 8.52. The molecule has 2 aromatic carbocycles. The number of urea groups is 1. The molecule has 0 aliphatic heterocycles. The van der Waals surface area contributed by atoms with Gasteiger partial charge in [-0.15, -0.1) is 0 Å². The predicted octanol–water partition coefficient (Wildman–Crippen LogP) is 4.00. The molecule has 7 nitrogen and oxygen atoms in total. The summed E-state index contributed by atoms with van der Waals surface area (Å²) >= 11 is 0. The first kappa shape index (κ1) is 17.5. The van der Waals surface area contributed by atoms with Gasteiger partial charge in [0.2, 0.25) is 0 Å². The maximum atomic E-state index is 13.2. The average molecular weight is 376 g/mol. The highest BCUT2D eigenvalue weighted by Gasteiger charge is 2.13. The molecule has 4 aromatic rings. The molecule has 0 aliphatic carbocycles. The van der Waals surface area contributed by atoms with Crippen molar-refractivity contribution in [3.63, 3.8) is 0 Å². The van der Waals surface area contributed by atoms with Crippen LogP contribution in [0.2, 0.25) is 0 Å². The molecule has 2 heterocycles. The van der Waals surface area contributed by atoms with Crippen LogP contribution < -0.4 is 16.4 Å². The minimum absolute atomic E-state index is 0.375. The van der Waals surface area contributed by atoms with Crippen LogP contribution in [-0.4, -0.2) is 20.8 Å². The van der Waals surface area contributed by atoms with Crippen LogP contribution in [0.3, 0.4) is 0 Å². The number of nitrogens with zero attached hydrogens (tertiary/aromatic N) is 3. The van der Waals surface area contributed by atoms with E-state index in [1.54, 1.807) is 36.1 Å². The summed E-state index contributed by atoms with van der Waals surface area (Å²) in [6, 6.07) is 14.4. The SMILES string of the molecule is Cn1nc(N)c2c(-c3ccc(NC(=O)Nc4cccc(F)c4)cc3)ccnc21. The van der Waals surface area contributed by atoms with Crippen molar-refractivity contribution in [2.24, 2.45) is 7.05 Å². The largest absolute Gasteiger partial charge is 0.382 e. The van der Waals surface area contributed by atoms with Crippen LogP contribution in [0.1, 0.15) is 0 Å². The summed E-state index contributed by atoms with van der Waals surface area (Å²) in [6.07, 6.45) is 1.71. The number of carbonyl (C=O) groups excluding carboxylic acids is 1. The zero-order valence-electron chi connectivity index (χ0n) is 15.0. The number of halogens is 1. The molecule has 0 fully saturated rings. The Kier molecular flexibility index (Phi) is 4.36. The summed E-state index contributed by atoms with van der Waals surface area (Å²) < 4.78 is 14.8. The molecule has 4 rings (SSSR count). The van der Waals surface area contributed by atoms with Gasteiger partial charge in [-0.3, -0.25) is 0 Å². The van der Waals surface area contributed by atoms with Crippen molar-refractivity contribution in [2.45, 2.75) is 0 Å². The molecule has 0 bridgehead atoms. The number of fused-ring (bicyclic) bond motifs is 1. The van der Waals surface area contributed by atoms with Crippen LogP contribution in [0, 0.1) is 5.82 Å². The third-order valence-electron chi connectivity index (χ3n) is 4.29. The number of hydrogen-bond acceptors (Lipinski definition) is 4. The number of hydrogen-bond donors (Lipinski definition) is 3. The van der Waals surface area contributed by atoms with Gasteiger partial charge in [0.1, 0.15) is 5.82 Å². The number of aryl methyl sites for hydroxylation is 1. The molecule has 28 heavy (non-hydrogen) atoms. The highest BCUT2D eigenvalue weighted by molar-refractivity contribution is 6.01. The number of benzene rings is 2. The molecule has 0 saturated carbocycles. The van der Waals surface area contributed by atoms with E-state index < -0.39 is 11.8 Å². The smallest absolute Gasteiger partial charge is 0.323 e. The topological polar surface area (TPSA) is 97.9 Å². The predicted molar refractivity (Wildman–Crippen MR) is 107 cm³/mol. The molecule has 0 aliphatic rings. The zero-order chi connectivity index (χ0) is 19.7. The van der Waals surface area contributed by atoms with E-state index in [1.165, 1.54) is 18.2 Å². The Labute approximate surface area is 160 Å². The maximum absolute atomic E-state index is 13.2. The van der Waals surface area contributed by atoms with Gasteiger partial charge in [-0.1, -0.05) is 18.2 Å². The molecule has 0 radical (unpaired) electrons. The number of aromatic nitrogens is 3. The van der Waals surface area contributed by atoms with E-state index in [4.69, 9.17) is 5.73 Å². The fourth-order valence-corrected chi connectivity index (χ4v) is 3.04. The van der Waals surface area contributed by atoms with Gasteiger partial charge in [-0.25, -0.2) is 18.9 Å². The Morgan fingerprint density at radius 3 is 2.57 bits per heavy atom. The van der Waals surface area contributed by atoms with Crippen LogP contribution in [0.4, 0.5) is 26.4 Å². The van der Waals surface area contributed by atoms with Gasteiger partial charge >= 0.3 is 6.03 Å². The van der Waals surface area contributed by atoms with Crippen molar-refractivity contribution in [1.82, 2.24) is 14.8 Å². The van der Waals surface area contributed by atoms with Crippen molar-refractivity contribution in [3.05, 3.63) is 66.6 Å². The van der Waals surface area contributed by atoms with Gasteiger partial charge in [0.15, 0.2) is 11.5 Å². The van der Waals surface area contributed by atoms with Crippen LogP contribution in [0.5, 0.6) is 0 Å². The van der Waals surface area contributed by atoms with Crippen LogP contribution >= 0.6 is 0 Å². The quantitative estimate of drug-likeness (QED) is 0.503. The number of carbonyl (C=O) groups is 1.